The van der Waals surface area contributed by atoms with Gasteiger partial charge >= 0.3 is 5.97 Å². The zero-order valence-electron chi connectivity index (χ0n) is 6.21. The van der Waals surface area contributed by atoms with Gasteiger partial charge in [0, 0.05) is 6.42 Å². The van der Waals surface area contributed by atoms with E-state index in [1.54, 1.807) is 0 Å². The fourth-order valence-electron chi connectivity index (χ4n) is 0.880. The minimum Gasteiger partial charge on any atom is -0.481 e. The summed E-state index contributed by atoms with van der Waals surface area (Å²) in [6.07, 6.45) is 2.13. The standard InChI is InChI=1S/C7H14O2S/c1-2-6(3-4-10)5-7(8)9/h6,10H,2-5H2,1H3,(H,8,9). The van der Waals surface area contributed by atoms with Gasteiger partial charge in [0.25, 0.3) is 0 Å². The van der Waals surface area contributed by atoms with E-state index in [4.69, 9.17) is 5.11 Å². The number of thiol groups is 1. The first-order valence-corrected chi connectivity index (χ1v) is 4.16. The maximum atomic E-state index is 10.2. The summed E-state index contributed by atoms with van der Waals surface area (Å²) in [6.45, 7) is 2.01. The van der Waals surface area contributed by atoms with Gasteiger partial charge in [-0.1, -0.05) is 13.3 Å². The Bertz CT molecular complexity index is 104. The summed E-state index contributed by atoms with van der Waals surface area (Å²) in [4.78, 5) is 10.2. The molecule has 0 saturated carbocycles. The molecule has 0 aromatic carbocycles. The normalized spacial score (nSPS) is 13.0. The molecule has 60 valence electrons. The Morgan fingerprint density at radius 1 is 1.70 bits per heavy atom. The first-order valence-electron chi connectivity index (χ1n) is 3.53. The molecule has 10 heavy (non-hydrogen) atoms. The SMILES string of the molecule is CCC(CCS)CC(=O)O. The van der Waals surface area contributed by atoms with Crippen LogP contribution < -0.4 is 0 Å². The van der Waals surface area contributed by atoms with E-state index >= 15 is 0 Å². The molecule has 0 saturated heterocycles. The Morgan fingerprint density at radius 2 is 2.30 bits per heavy atom. The van der Waals surface area contributed by atoms with Crippen LogP contribution in [0.2, 0.25) is 0 Å². The third-order valence-corrected chi connectivity index (χ3v) is 1.84. The average Bonchev–Trinajstić information content (AvgIpc) is 1.86. The van der Waals surface area contributed by atoms with Gasteiger partial charge in [-0.2, -0.15) is 12.6 Å². The highest BCUT2D eigenvalue weighted by Crippen LogP contribution is 2.13. The molecule has 0 aromatic rings. The van der Waals surface area contributed by atoms with Crippen LogP contribution in [-0.2, 0) is 4.79 Å². The number of aliphatic carboxylic acids is 1. The Labute approximate surface area is 67.0 Å². The van der Waals surface area contributed by atoms with Crippen LogP contribution in [0.5, 0.6) is 0 Å². The number of carbonyl (C=O) groups is 1. The predicted octanol–water partition coefficient (Wildman–Crippen LogP) is 1.81. The number of hydrogen-bond donors (Lipinski definition) is 2. The second kappa shape index (κ2) is 5.59. The molecule has 0 aliphatic carbocycles. The molecule has 0 bridgehead atoms. The van der Waals surface area contributed by atoms with E-state index in [2.05, 4.69) is 12.6 Å². The second-order valence-corrected chi connectivity index (χ2v) is 2.83. The molecular weight excluding hydrogens is 148 g/mol. The lowest BCUT2D eigenvalue weighted by Gasteiger charge is -2.08. The van der Waals surface area contributed by atoms with Crippen molar-refractivity contribution >= 4 is 18.6 Å². The number of hydrogen-bond acceptors (Lipinski definition) is 2. The quantitative estimate of drug-likeness (QED) is 0.605. The molecule has 2 nitrogen and oxygen atoms in total. The Kier molecular flexibility index (Phi) is 5.49. The van der Waals surface area contributed by atoms with Gasteiger partial charge < -0.3 is 5.11 Å². The lowest BCUT2D eigenvalue weighted by Crippen LogP contribution is -2.07. The highest BCUT2D eigenvalue weighted by atomic mass is 32.1. The molecule has 3 heteroatoms. The number of carboxylic acid groups (broad SMARTS) is 1. The molecule has 0 aliphatic heterocycles. The minimum atomic E-state index is -0.700. The predicted molar refractivity (Wildman–Crippen MR) is 44.5 cm³/mol. The average molecular weight is 162 g/mol. The van der Waals surface area contributed by atoms with Gasteiger partial charge in [0.2, 0.25) is 0 Å². The first-order chi connectivity index (χ1) is 4.70. The molecule has 0 amide bonds. The fraction of sp³-hybridized carbons (Fsp3) is 0.857. The van der Waals surface area contributed by atoms with Gasteiger partial charge in [-0.25, -0.2) is 0 Å². The summed E-state index contributed by atoms with van der Waals surface area (Å²) in [6, 6.07) is 0. The Morgan fingerprint density at radius 3 is 2.60 bits per heavy atom. The molecule has 0 spiro atoms. The van der Waals surface area contributed by atoms with Crippen LogP contribution in [0.1, 0.15) is 26.2 Å². The molecule has 0 fully saturated rings. The smallest absolute Gasteiger partial charge is 0.303 e. The lowest BCUT2D eigenvalue weighted by atomic mass is 10.00. The molecule has 0 aliphatic rings. The van der Waals surface area contributed by atoms with Crippen LogP contribution >= 0.6 is 12.6 Å². The molecule has 1 atom stereocenters. The summed E-state index contributed by atoms with van der Waals surface area (Å²) in [5.41, 5.74) is 0. The summed E-state index contributed by atoms with van der Waals surface area (Å²) in [5.74, 6) is 0.398. The largest absolute Gasteiger partial charge is 0.481 e. The third kappa shape index (κ3) is 4.68. The van der Waals surface area contributed by atoms with Gasteiger partial charge in [-0.15, -0.1) is 0 Å². The highest BCUT2D eigenvalue weighted by molar-refractivity contribution is 7.80. The van der Waals surface area contributed by atoms with Gasteiger partial charge in [-0.05, 0) is 18.1 Å². The monoisotopic (exact) mass is 162 g/mol. The topological polar surface area (TPSA) is 37.3 Å². The summed E-state index contributed by atoms with van der Waals surface area (Å²) in [5, 5.41) is 8.42. The van der Waals surface area contributed by atoms with Crippen LogP contribution in [0.15, 0.2) is 0 Å². The van der Waals surface area contributed by atoms with Crippen LogP contribution in [0.3, 0.4) is 0 Å². The van der Waals surface area contributed by atoms with Gasteiger partial charge in [0.1, 0.15) is 0 Å². The van der Waals surface area contributed by atoms with Gasteiger partial charge in [-0.3, -0.25) is 4.79 Å². The first kappa shape index (κ1) is 9.82. The van der Waals surface area contributed by atoms with Crippen molar-refractivity contribution in [3.05, 3.63) is 0 Å². The molecular formula is C7H14O2S. The van der Waals surface area contributed by atoms with Crippen molar-refractivity contribution < 1.29 is 9.90 Å². The maximum Gasteiger partial charge on any atom is 0.303 e. The van der Waals surface area contributed by atoms with Crippen molar-refractivity contribution in [3.63, 3.8) is 0 Å². The highest BCUT2D eigenvalue weighted by Gasteiger charge is 2.08. The van der Waals surface area contributed by atoms with Crippen LogP contribution in [-0.4, -0.2) is 16.8 Å². The van der Waals surface area contributed by atoms with Crippen molar-refractivity contribution in [1.29, 1.82) is 0 Å². The number of carboxylic acids is 1. The van der Waals surface area contributed by atoms with Gasteiger partial charge in [0.05, 0.1) is 0 Å². The second-order valence-electron chi connectivity index (χ2n) is 2.38. The van der Waals surface area contributed by atoms with Crippen molar-refractivity contribution in [2.75, 3.05) is 5.75 Å². The molecule has 0 aromatic heterocycles. The van der Waals surface area contributed by atoms with E-state index in [1.807, 2.05) is 6.92 Å². The molecule has 1 unspecified atom stereocenters. The van der Waals surface area contributed by atoms with E-state index in [0.29, 0.717) is 5.92 Å². The van der Waals surface area contributed by atoms with Crippen molar-refractivity contribution in [2.45, 2.75) is 26.2 Å². The molecule has 0 heterocycles. The van der Waals surface area contributed by atoms with Gasteiger partial charge in [0.15, 0.2) is 0 Å². The third-order valence-electron chi connectivity index (χ3n) is 1.58. The van der Waals surface area contributed by atoms with Crippen molar-refractivity contribution in [2.24, 2.45) is 5.92 Å². The molecule has 0 rings (SSSR count). The Balaban J connectivity index is 3.49. The zero-order valence-corrected chi connectivity index (χ0v) is 7.10. The van der Waals surface area contributed by atoms with E-state index in [9.17, 15) is 4.79 Å². The lowest BCUT2D eigenvalue weighted by molar-refractivity contribution is -0.138. The maximum absolute atomic E-state index is 10.2. The van der Waals surface area contributed by atoms with Crippen LogP contribution in [0.4, 0.5) is 0 Å². The van der Waals surface area contributed by atoms with Crippen LogP contribution in [0.25, 0.3) is 0 Å². The van der Waals surface area contributed by atoms with E-state index in [1.165, 1.54) is 0 Å². The summed E-state index contributed by atoms with van der Waals surface area (Å²) in [7, 11) is 0. The number of rotatable bonds is 5. The van der Waals surface area contributed by atoms with E-state index < -0.39 is 5.97 Å². The van der Waals surface area contributed by atoms with Crippen molar-refractivity contribution in [3.8, 4) is 0 Å². The summed E-state index contributed by atoms with van der Waals surface area (Å²) >= 11 is 4.04. The van der Waals surface area contributed by atoms with E-state index in [0.717, 1.165) is 18.6 Å². The summed E-state index contributed by atoms with van der Waals surface area (Å²) < 4.78 is 0. The zero-order chi connectivity index (χ0) is 7.98. The Hall–Kier alpha value is -0.180. The minimum absolute atomic E-state index is 0.289. The van der Waals surface area contributed by atoms with Crippen molar-refractivity contribution in [1.82, 2.24) is 0 Å². The molecule has 0 radical (unpaired) electrons. The van der Waals surface area contributed by atoms with Crippen LogP contribution in [0, 0.1) is 5.92 Å². The fourth-order valence-corrected chi connectivity index (χ4v) is 1.25. The van der Waals surface area contributed by atoms with E-state index in [-0.39, 0.29) is 6.42 Å². The molecule has 1 N–H and O–H groups in total.